The number of furan rings is 1. The Morgan fingerprint density at radius 3 is 2.50 bits per heavy atom. The van der Waals surface area contributed by atoms with Crippen LogP contribution in [0.2, 0.25) is 0 Å². The number of nitrogens with one attached hydrogen (secondary N) is 2. The number of carbonyl (C=O) groups excluding carboxylic acids is 4. The van der Waals surface area contributed by atoms with Gasteiger partial charge in [-0.15, -0.1) is 0 Å². The number of aryl methyl sites for hydroxylation is 1. The van der Waals surface area contributed by atoms with E-state index in [-0.39, 0.29) is 11.5 Å². The second kappa shape index (κ2) is 6.69. The lowest BCUT2D eigenvalue weighted by molar-refractivity contribution is -0.131. The molecule has 1 aromatic carbocycles. The normalized spacial score (nSPS) is 18.9. The van der Waals surface area contributed by atoms with Crippen molar-refractivity contribution in [2.75, 3.05) is 6.54 Å². The third-order valence-electron chi connectivity index (χ3n) is 5.56. The van der Waals surface area contributed by atoms with Crippen LogP contribution in [0.1, 0.15) is 51.7 Å². The van der Waals surface area contributed by atoms with Crippen molar-refractivity contribution in [3.05, 3.63) is 58.6 Å². The maximum atomic E-state index is 13.1. The largest absolute Gasteiger partial charge is 0.458 e. The molecule has 1 atom stereocenters. The van der Waals surface area contributed by atoms with Crippen LogP contribution in [0.25, 0.3) is 11.0 Å². The van der Waals surface area contributed by atoms with Crippen LogP contribution in [0, 0.1) is 13.8 Å². The first-order valence-electron chi connectivity index (χ1n) is 9.50. The van der Waals surface area contributed by atoms with Crippen LogP contribution in [0.15, 0.2) is 34.7 Å². The van der Waals surface area contributed by atoms with Crippen molar-refractivity contribution in [2.24, 2.45) is 0 Å². The van der Waals surface area contributed by atoms with Gasteiger partial charge in [-0.1, -0.05) is 18.2 Å². The molecule has 3 heterocycles. The summed E-state index contributed by atoms with van der Waals surface area (Å²) in [4.78, 5) is 54.1. The first-order valence-corrected chi connectivity index (χ1v) is 9.50. The Balaban J connectivity index is 1.62. The van der Waals surface area contributed by atoms with Gasteiger partial charge in [0.05, 0.1) is 12.2 Å². The summed E-state index contributed by atoms with van der Waals surface area (Å²) in [5.41, 5.74) is 0.935. The zero-order chi connectivity index (χ0) is 21.8. The average molecular weight is 407 g/mol. The van der Waals surface area contributed by atoms with Gasteiger partial charge < -0.3 is 14.7 Å². The van der Waals surface area contributed by atoms with Crippen molar-refractivity contribution in [2.45, 2.75) is 33.2 Å². The van der Waals surface area contributed by atoms with Crippen LogP contribution >= 0.6 is 0 Å². The van der Waals surface area contributed by atoms with E-state index in [2.05, 4.69) is 10.3 Å². The highest BCUT2D eigenvalue weighted by molar-refractivity contribution is 6.12. The summed E-state index contributed by atoms with van der Waals surface area (Å²) in [6.45, 7) is 5.89. The second-order valence-electron chi connectivity index (χ2n) is 7.70. The number of para-hydroxylation sites is 1. The molecule has 0 bridgehead atoms. The molecule has 154 valence electrons. The Kier molecular flexibility index (Phi) is 4.38. The minimum Gasteiger partial charge on any atom is -0.458 e. The number of hydrogen-bond acceptors (Lipinski definition) is 5. The number of hydrogen-bond donors (Lipinski definition) is 2. The highest BCUT2D eigenvalue weighted by Gasteiger charge is 2.51. The number of amides is 3. The summed E-state index contributed by atoms with van der Waals surface area (Å²) in [7, 11) is 0. The molecule has 30 heavy (non-hydrogen) atoms. The SMILES string of the molecule is CC(=O)c1c(C)[nH]c(C(=O)CN2C(=O)NC(C)(c3cc4ccccc4o3)C2=O)c1C. The van der Waals surface area contributed by atoms with Gasteiger partial charge in [0, 0.05) is 16.6 Å². The molecule has 0 radical (unpaired) electrons. The molecule has 1 saturated heterocycles. The topological polar surface area (TPSA) is 112 Å². The van der Waals surface area contributed by atoms with Crippen molar-refractivity contribution in [3.8, 4) is 0 Å². The number of aromatic amines is 1. The smallest absolute Gasteiger partial charge is 0.325 e. The van der Waals surface area contributed by atoms with Gasteiger partial charge in [0.2, 0.25) is 0 Å². The second-order valence-corrected chi connectivity index (χ2v) is 7.70. The third-order valence-corrected chi connectivity index (χ3v) is 5.56. The van der Waals surface area contributed by atoms with Crippen molar-refractivity contribution < 1.29 is 23.6 Å². The number of nitrogens with zero attached hydrogens (tertiary/aromatic N) is 1. The van der Waals surface area contributed by atoms with E-state index in [1.165, 1.54) is 6.92 Å². The summed E-state index contributed by atoms with van der Waals surface area (Å²) in [5, 5.41) is 3.45. The zero-order valence-electron chi connectivity index (χ0n) is 17.1. The molecule has 1 aliphatic rings. The molecule has 2 N–H and O–H groups in total. The van der Waals surface area contributed by atoms with E-state index in [4.69, 9.17) is 4.42 Å². The number of Topliss-reactive ketones (excluding diaryl/α,β-unsaturated/α-hetero) is 2. The third kappa shape index (κ3) is 2.83. The fourth-order valence-corrected chi connectivity index (χ4v) is 4.02. The lowest BCUT2D eigenvalue weighted by Gasteiger charge is -2.18. The van der Waals surface area contributed by atoms with E-state index in [9.17, 15) is 19.2 Å². The Bertz CT molecular complexity index is 1200. The van der Waals surface area contributed by atoms with Gasteiger partial charge in [-0.25, -0.2) is 4.79 Å². The quantitative estimate of drug-likeness (QED) is 0.498. The standard InChI is InChI=1S/C22H21N3O5/c1-11-18(13(3)26)12(2)23-19(11)15(27)10-25-20(28)22(4,24-21(25)29)17-9-14-7-5-6-8-16(14)30-17/h5-9,23H,10H2,1-4H3,(H,24,29). The lowest BCUT2D eigenvalue weighted by Crippen LogP contribution is -2.41. The molecule has 3 amide bonds. The first-order chi connectivity index (χ1) is 14.1. The predicted molar refractivity (Wildman–Crippen MR) is 108 cm³/mol. The molecule has 3 aromatic rings. The molecule has 4 rings (SSSR count). The molecular formula is C22H21N3O5. The van der Waals surface area contributed by atoms with Crippen LogP contribution in [0.5, 0.6) is 0 Å². The van der Waals surface area contributed by atoms with Crippen LogP contribution in [-0.2, 0) is 10.3 Å². The predicted octanol–water partition coefficient (Wildman–Crippen LogP) is 3.23. The Morgan fingerprint density at radius 2 is 1.87 bits per heavy atom. The molecule has 1 fully saturated rings. The molecule has 8 nitrogen and oxygen atoms in total. The van der Waals surface area contributed by atoms with E-state index in [0.29, 0.717) is 28.2 Å². The van der Waals surface area contributed by atoms with Crippen molar-refractivity contribution >= 4 is 34.5 Å². The van der Waals surface area contributed by atoms with Crippen LogP contribution in [0.3, 0.4) is 0 Å². The maximum Gasteiger partial charge on any atom is 0.325 e. The Morgan fingerprint density at radius 1 is 1.17 bits per heavy atom. The maximum absolute atomic E-state index is 13.1. The molecule has 0 aliphatic carbocycles. The number of benzene rings is 1. The van der Waals surface area contributed by atoms with Crippen LogP contribution < -0.4 is 5.32 Å². The van der Waals surface area contributed by atoms with Gasteiger partial charge >= 0.3 is 6.03 Å². The van der Waals surface area contributed by atoms with Crippen molar-refractivity contribution in [3.63, 3.8) is 0 Å². The molecule has 2 aromatic heterocycles. The Labute approximate surface area is 172 Å². The van der Waals surface area contributed by atoms with E-state index >= 15 is 0 Å². The molecule has 0 saturated carbocycles. The summed E-state index contributed by atoms with van der Waals surface area (Å²) in [6, 6.07) is 8.30. The first kappa shape index (κ1) is 19.6. The monoisotopic (exact) mass is 407 g/mol. The van der Waals surface area contributed by atoms with Crippen molar-refractivity contribution in [1.29, 1.82) is 0 Å². The molecule has 8 heteroatoms. The minimum absolute atomic E-state index is 0.159. The number of carbonyl (C=O) groups is 4. The molecular weight excluding hydrogens is 386 g/mol. The van der Waals surface area contributed by atoms with E-state index in [1.54, 1.807) is 32.9 Å². The number of rotatable bonds is 5. The molecule has 0 spiro atoms. The average Bonchev–Trinajstić information content (AvgIpc) is 3.31. The number of aromatic nitrogens is 1. The van der Waals surface area contributed by atoms with Crippen molar-refractivity contribution in [1.82, 2.24) is 15.2 Å². The van der Waals surface area contributed by atoms with Crippen LogP contribution in [0.4, 0.5) is 4.79 Å². The summed E-state index contributed by atoms with van der Waals surface area (Å²) in [5.74, 6) is -0.899. The number of ketones is 2. The number of urea groups is 1. The summed E-state index contributed by atoms with van der Waals surface area (Å²) < 4.78 is 5.79. The van der Waals surface area contributed by atoms with E-state index < -0.39 is 29.8 Å². The zero-order valence-corrected chi connectivity index (χ0v) is 17.1. The van der Waals surface area contributed by atoms with E-state index in [0.717, 1.165) is 10.3 Å². The van der Waals surface area contributed by atoms with Gasteiger partial charge in [-0.05, 0) is 45.4 Å². The van der Waals surface area contributed by atoms with Gasteiger partial charge in [-0.3, -0.25) is 19.3 Å². The van der Waals surface area contributed by atoms with Gasteiger partial charge in [-0.2, -0.15) is 0 Å². The van der Waals surface area contributed by atoms with Gasteiger partial charge in [0.1, 0.15) is 11.3 Å². The number of H-pyrrole nitrogens is 1. The lowest BCUT2D eigenvalue weighted by atomic mass is 9.98. The fraction of sp³-hybridized carbons (Fsp3) is 0.273. The molecule has 1 aliphatic heterocycles. The Hall–Kier alpha value is -3.68. The summed E-state index contributed by atoms with van der Waals surface area (Å²) in [6.07, 6.45) is 0. The molecule has 1 unspecified atom stereocenters. The summed E-state index contributed by atoms with van der Waals surface area (Å²) >= 11 is 0. The highest BCUT2D eigenvalue weighted by Crippen LogP contribution is 2.33. The van der Waals surface area contributed by atoms with Crippen LogP contribution in [-0.4, -0.2) is 39.9 Å². The fourth-order valence-electron chi connectivity index (χ4n) is 4.02. The highest BCUT2D eigenvalue weighted by atomic mass is 16.3. The van der Waals surface area contributed by atoms with E-state index in [1.807, 2.05) is 18.2 Å². The number of fused-ring (bicyclic) bond motifs is 1. The van der Waals surface area contributed by atoms with Gasteiger partial charge in [0.25, 0.3) is 5.91 Å². The number of imide groups is 1. The van der Waals surface area contributed by atoms with Gasteiger partial charge in [0.15, 0.2) is 17.1 Å². The minimum atomic E-state index is -1.42.